The number of aromatic hydroxyl groups is 1. The summed E-state index contributed by atoms with van der Waals surface area (Å²) in [5.41, 5.74) is 1.66. The van der Waals surface area contributed by atoms with E-state index < -0.39 is 0 Å². The Bertz CT molecular complexity index is 943. The van der Waals surface area contributed by atoms with Crippen LogP contribution in [0.3, 0.4) is 0 Å². The van der Waals surface area contributed by atoms with Crippen LogP contribution in [0.2, 0.25) is 0 Å². The number of aldehydes is 1. The Morgan fingerprint density at radius 2 is 1.94 bits per heavy atom. The fourth-order valence-corrected chi connectivity index (χ4v) is 4.66. The van der Waals surface area contributed by atoms with Crippen LogP contribution < -0.4 is 4.74 Å². The molecule has 0 radical (unpaired) electrons. The number of pyridine rings is 1. The summed E-state index contributed by atoms with van der Waals surface area (Å²) in [5, 5.41) is 9.89. The van der Waals surface area contributed by atoms with E-state index in [2.05, 4.69) is 9.88 Å². The van der Waals surface area contributed by atoms with E-state index in [1.54, 1.807) is 18.3 Å². The maximum absolute atomic E-state index is 13.5. The molecule has 32 heavy (non-hydrogen) atoms. The van der Waals surface area contributed by atoms with E-state index in [-0.39, 0.29) is 29.9 Å². The van der Waals surface area contributed by atoms with Gasteiger partial charge in [0.1, 0.15) is 18.1 Å². The molecule has 0 saturated carbocycles. The average molecular weight is 438 g/mol. The molecule has 1 aromatic carbocycles. The van der Waals surface area contributed by atoms with Gasteiger partial charge in [-0.15, -0.1) is 0 Å². The number of likely N-dealkylation sites (tertiary alicyclic amines) is 2. The van der Waals surface area contributed by atoms with Crippen molar-refractivity contribution in [2.24, 2.45) is 0 Å². The molecule has 1 N–H and O–H groups in total. The summed E-state index contributed by atoms with van der Waals surface area (Å²) < 4.78 is 5.90. The first-order valence-corrected chi connectivity index (χ1v) is 11.5. The highest BCUT2D eigenvalue weighted by atomic mass is 16.5. The lowest BCUT2D eigenvalue weighted by Crippen LogP contribution is -2.47. The van der Waals surface area contributed by atoms with E-state index in [0.29, 0.717) is 24.1 Å². The molecule has 7 nitrogen and oxygen atoms in total. The summed E-state index contributed by atoms with van der Waals surface area (Å²) in [6, 6.07) is 8.37. The third-order valence-corrected chi connectivity index (χ3v) is 6.46. The van der Waals surface area contributed by atoms with E-state index in [4.69, 9.17) is 4.74 Å². The van der Waals surface area contributed by atoms with Crippen molar-refractivity contribution in [2.45, 2.75) is 44.6 Å². The monoisotopic (exact) mass is 437 g/mol. The Balaban J connectivity index is 1.46. The number of aromatic nitrogens is 1. The molecule has 2 saturated heterocycles. The normalized spacial score (nSPS) is 19.1. The van der Waals surface area contributed by atoms with Crippen molar-refractivity contribution in [2.75, 3.05) is 32.8 Å². The number of piperidine rings is 1. The van der Waals surface area contributed by atoms with Crippen molar-refractivity contribution in [3.05, 3.63) is 53.3 Å². The van der Waals surface area contributed by atoms with Crippen LogP contribution in [-0.4, -0.2) is 70.9 Å². The van der Waals surface area contributed by atoms with Gasteiger partial charge in [0.15, 0.2) is 6.29 Å². The van der Waals surface area contributed by atoms with Gasteiger partial charge in [0.05, 0.1) is 22.9 Å². The second kappa shape index (κ2) is 10.6. The molecule has 1 amide bonds. The van der Waals surface area contributed by atoms with Gasteiger partial charge in [-0.3, -0.25) is 14.6 Å². The molecule has 4 rings (SSSR count). The fraction of sp³-hybridized carbons (Fsp3) is 0.480. The lowest BCUT2D eigenvalue weighted by atomic mass is 10.0. The lowest BCUT2D eigenvalue weighted by molar-refractivity contribution is 0.0525. The minimum atomic E-state index is -0.105. The molecule has 0 unspecified atom stereocenters. The SMILES string of the molecule is O=Cc1c(O)cccc1OC[C@@H]1CCCCN1C(=O)c1cccnc1CCN1CCCC1. The van der Waals surface area contributed by atoms with E-state index in [9.17, 15) is 14.7 Å². The van der Waals surface area contributed by atoms with Gasteiger partial charge >= 0.3 is 0 Å². The quantitative estimate of drug-likeness (QED) is 0.638. The molecule has 0 spiro atoms. The molecular formula is C25H31N3O4. The zero-order chi connectivity index (χ0) is 22.3. The van der Waals surface area contributed by atoms with Gasteiger partial charge in [0.2, 0.25) is 0 Å². The van der Waals surface area contributed by atoms with E-state index in [1.807, 2.05) is 17.0 Å². The van der Waals surface area contributed by atoms with Crippen molar-refractivity contribution in [1.29, 1.82) is 0 Å². The van der Waals surface area contributed by atoms with E-state index in [0.717, 1.165) is 51.0 Å². The highest BCUT2D eigenvalue weighted by molar-refractivity contribution is 5.95. The van der Waals surface area contributed by atoms with Gasteiger partial charge in [-0.25, -0.2) is 0 Å². The van der Waals surface area contributed by atoms with Crippen LogP contribution in [0.15, 0.2) is 36.5 Å². The Hall–Kier alpha value is -2.93. The summed E-state index contributed by atoms with van der Waals surface area (Å²) in [4.78, 5) is 33.7. The topological polar surface area (TPSA) is 83.0 Å². The van der Waals surface area contributed by atoms with Crippen LogP contribution in [0.1, 0.15) is 58.5 Å². The minimum Gasteiger partial charge on any atom is -0.507 e. The number of phenols is 1. The maximum Gasteiger partial charge on any atom is 0.256 e. The first-order valence-electron chi connectivity index (χ1n) is 11.5. The third-order valence-electron chi connectivity index (χ3n) is 6.46. The number of ether oxygens (including phenoxy) is 1. The molecule has 3 heterocycles. The summed E-state index contributed by atoms with van der Waals surface area (Å²) in [5.74, 6) is 0.229. The Morgan fingerprint density at radius 3 is 2.75 bits per heavy atom. The molecule has 2 aliphatic heterocycles. The summed E-state index contributed by atoms with van der Waals surface area (Å²) >= 11 is 0. The van der Waals surface area contributed by atoms with E-state index >= 15 is 0 Å². The number of carbonyl (C=O) groups excluding carboxylic acids is 2. The molecule has 7 heteroatoms. The molecule has 170 valence electrons. The predicted octanol–water partition coefficient (Wildman–Crippen LogP) is 3.31. The number of nitrogens with zero attached hydrogens (tertiary/aromatic N) is 3. The van der Waals surface area contributed by atoms with Crippen molar-refractivity contribution in [1.82, 2.24) is 14.8 Å². The zero-order valence-corrected chi connectivity index (χ0v) is 18.4. The lowest BCUT2D eigenvalue weighted by Gasteiger charge is -2.36. The van der Waals surface area contributed by atoms with Gasteiger partial charge in [0.25, 0.3) is 5.91 Å². The summed E-state index contributed by atoms with van der Waals surface area (Å²) in [6.45, 7) is 4.13. The van der Waals surface area contributed by atoms with Crippen LogP contribution in [0.5, 0.6) is 11.5 Å². The smallest absolute Gasteiger partial charge is 0.256 e. The Kier molecular flexibility index (Phi) is 7.37. The summed E-state index contributed by atoms with van der Waals surface area (Å²) in [7, 11) is 0. The molecular weight excluding hydrogens is 406 g/mol. The number of phenolic OH excluding ortho intramolecular Hbond substituents is 1. The highest BCUT2D eigenvalue weighted by Gasteiger charge is 2.30. The molecule has 2 fully saturated rings. The average Bonchev–Trinajstić information content (AvgIpc) is 3.35. The molecule has 2 aromatic rings. The first-order chi connectivity index (χ1) is 15.7. The Morgan fingerprint density at radius 1 is 1.12 bits per heavy atom. The number of hydrogen-bond donors (Lipinski definition) is 1. The number of rotatable bonds is 8. The van der Waals surface area contributed by atoms with Crippen LogP contribution in [0.4, 0.5) is 0 Å². The highest BCUT2D eigenvalue weighted by Crippen LogP contribution is 2.27. The molecule has 1 atom stereocenters. The van der Waals surface area contributed by atoms with Crippen molar-refractivity contribution in [3.63, 3.8) is 0 Å². The molecule has 2 aliphatic rings. The second-order valence-corrected chi connectivity index (χ2v) is 8.56. The first kappa shape index (κ1) is 22.3. The molecule has 0 bridgehead atoms. The predicted molar refractivity (Wildman–Crippen MR) is 121 cm³/mol. The second-order valence-electron chi connectivity index (χ2n) is 8.56. The Labute approximate surface area is 189 Å². The minimum absolute atomic E-state index is 0.00524. The zero-order valence-electron chi connectivity index (χ0n) is 18.4. The third kappa shape index (κ3) is 5.10. The van der Waals surface area contributed by atoms with E-state index in [1.165, 1.54) is 18.9 Å². The van der Waals surface area contributed by atoms with Crippen molar-refractivity contribution < 1.29 is 19.4 Å². The van der Waals surface area contributed by atoms with Crippen molar-refractivity contribution >= 4 is 12.2 Å². The van der Waals surface area contributed by atoms with Gasteiger partial charge in [-0.2, -0.15) is 0 Å². The number of amides is 1. The van der Waals surface area contributed by atoms with Crippen molar-refractivity contribution in [3.8, 4) is 11.5 Å². The largest absolute Gasteiger partial charge is 0.507 e. The van der Waals surface area contributed by atoms with Gasteiger partial charge in [0, 0.05) is 25.7 Å². The molecule has 0 aliphatic carbocycles. The number of benzene rings is 1. The number of hydrogen-bond acceptors (Lipinski definition) is 6. The maximum atomic E-state index is 13.5. The number of carbonyl (C=O) groups is 2. The van der Waals surface area contributed by atoms with Crippen LogP contribution >= 0.6 is 0 Å². The van der Waals surface area contributed by atoms with Gasteiger partial charge in [-0.1, -0.05) is 6.07 Å². The van der Waals surface area contributed by atoms with Crippen LogP contribution in [0, 0.1) is 0 Å². The van der Waals surface area contributed by atoms with Crippen LogP contribution in [0.25, 0.3) is 0 Å². The molecule has 1 aromatic heterocycles. The van der Waals surface area contributed by atoms with Gasteiger partial charge in [-0.05, 0) is 69.5 Å². The van der Waals surface area contributed by atoms with Gasteiger partial charge < -0.3 is 19.6 Å². The van der Waals surface area contributed by atoms with Crippen LogP contribution in [-0.2, 0) is 6.42 Å². The summed E-state index contributed by atoms with van der Waals surface area (Å²) in [6.07, 6.45) is 8.42. The standard InChI is InChI=1S/C25H31N3O4/c29-17-21-23(30)9-5-10-24(21)32-18-19-7-1-2-15-28(19)25(31)20-8-6-12-26-22(20)11-16-27-13-3-4-14-27/h5-6,8-10,12,17,19,30H,1-4,7,11,13-16,18H2/t19-/m0/s1. The fourth-order valence-electron chi connectivity index (χ4n) is 4.66.